The number of aromatic nitrogens is 1. The molecule has 7 nitrogen and oxygen atoms in total. The summed E-state index contributed by atoms with van der Waals surface area (Å²) in [4.78, 5) is 28.9. The minimum atomic E-state index is -1.04. The molecular formula is C26H32N2O5. The number of carbonyl (C=O) groups is 1. The molecule has 0 spiro atoms. The van der Waals surface area contributed by atoms with Crippen LogP contribution in [0, 0.1) is 26.2 Å². The maximum absolute atomic E-state index is 12.5. The first-order valence-corrected chi connectivity index (χ1v) is 11.0. The highest BCUT2D eigenvalue weighted by Gasteiger charge is 2.32. The van der Waals surface area contributed by atoms with Gasteiger partial charge < -0.3 is 19.7 Å². The minimum Gasteiger partial charge on any atom is -0.481 e. The van der Waals surface area contributed by atoms with E-state index in [-0.39, 0.29) is 29.9 Å². The molecule has 2 heterocycles. The van der Waals surface area contributed by atoms with Crippen LogP contribution in [0.1, 0.15) is 66.3 Å². The predicted molar refractivity (Wildman–Crippen MR) is 126 cm³/mol. The van der Waals surface area contributed by atoms with Crippen molar-refractivity contribution in [3.05, 3.63) is 74.5 Å². The van der Waals surface area contributed by atoms with Crippen LogP contribution in [0.3, 0.4) is 0 Å². The molecule has 176 valence electrons. The second kappa shape index (κ2) is 9.35. The van der Waals surface area contributed by atoms with Crippen molar-refractivity contribution in [3.8, 4) is 11.1 Å². The van der Waals surface area contributed by atoms with E-state index in [2.05, 4.69) is 20.8 Å². The van der Waals surface area contributed by atoms with Gasteiger partial charge in [0.1, 0.15) is 5.76 Å². The molecule has 3 N–H and O–H groups in total. The van der Waals surface area contributed by atoms with Crippen LogP contribution in [0.25, 0.3) is 11.1 Å². The topological polar surface area (TPSA) is 120 Å². The maximum atomic E-state index is 12.5. The number of hydrogen-bond acceptors (Lipinski definition) is 6. The highest BCUT2D eigenvalue weighted by molar-refractivity contribution is 5.83. The van der Waals surface area contributed by atoms with Crippen molar-refractivity contribution in [2.45, 2.75) is 66.8 Å². The fourth-order valence-corrected chi connectivity index (χ4v) is 4.22. The Morgan fingerprint density at radius 2 is 1.76 bits per heavy atom. The van der Waals surface area contributed by atoms with Gasteiger partial charge in [0, 0.05) is 24.4 Å². The molecule has 0 aliphatic carbocycles. The fourth-order valence-electron chi connectivity index (χ4n) is 4.22. The molecule has 0 radical (unpaired) electrons. The lowest BCUT2D eigenvalue weighted by Crippen LogP contribution is -2.22. The number of carboxylic acid groups (broad SMARTS) is 1. The molecule has 0 aliphatic rings. The maximum Gasteiger partial charge on any atom is 0.519 e. The molecule has 33 heavy (non-hydrogen) atoms. The quantitative estimate of drug-likeness (QED) is 0.534. The van der Waals surface area contributed by atoms with Crippen LogP contribution < -0.4 is 11.6 Å². The van der Waals surface area contributed by atoms with E-state index in [1.807, 2.05) is 38.1 Å². The number of nitrogens with two attached hydrogens (primary N) is 1. The van der Waals surface area contributed by atoms with Gasteiger partial charge in [0.15, 0.2) is 5.76 Å². The molecular weight excluding hydrogens is 420 g/mol. The van der Waals surface area contributed by atoms with Crippen molar-refractivity contribution in [2.24, 2.45) is 11.1 Å². The number of nitrogens with zero attached hydrogens (tertiary/aromatic N) is 1. The zero-order valence-corrected chi connectivity index (χ0v) is 20.1. The first kappa shape index (κ1) is 24.5. The van der Waals surface area contributed by atoms with Gasteiger partial charge in [0.2, 0.25) is 0 Å². The fraction of sp³-hybridized carbons (Fsp3) is 0.423. The Bertz CT molecular complexity index is 1210. The van der Waals surface area contributed by atoms with Crippen LogP contribution in [0.15, 0.2) is 37.9 Å². The number of rotatable bonds is 7. The molecule has 1 unspecified atom stereocenters. The molecule has 0 saturated heterocycles. The molecule has 1 aromatic carbocycles. The Kier molecular flexibility index (Phi) is 6.93. The minimum absolute atomic E-state index is 0.0288. The summed E-state index contributed by atoms with van der Waals surface area (Å²) in [6, 6.07) is 7.95. The normalized spacial score (nSPS) is 12.7. The lowest BCUT2D eigenvalue weighted by Gasteiger charge is -2.26. The van der Waals surface area contributed by atoms with Crippen LogP contribution in [-0.4, -0.2) is 16.1 Å². The Morgan fingerprint density at radius 1 is 1.12 bits per heavy atom. The largest absolute Gasteiger partial charge is 0.519 e. The molecule has 0 aliphatic heterocycles. The van der Waals surface area contributed by atoms with Crippen molar-refractivity contribution in [2.75, 3.05) is 0 Å². The van der Waals surface area contributed by atoms with Crippen molar-refractivity contribution < 1.29 is 18.7 Å². The second-order valence-electron chi connectivity index (χ2n) is 9.75. The molecule has 3 rings (SSSR count). The van der Waals surface area contributed by atoms with E-state index in [1.54, 1.807) is 6.92 Å². The van der Waals surface area contributed by atoms with Crippen molar-refractivity contribution in [1.29, 1.82) is 0 Å². The smallest absolute Gasteiger partial charge is 0.481 e. The van der Waals surface area contributed by atoms with Crippen molar-refractivity contribution in [1.82, 2.24) is 4.98 Å². The molecule has 2 aromatic heterocycles. The molecule has 7 heteroatoms. The van der Waals surface area contributed by atoms with E-state index in [4.69, 9.17) is 19.6 Å². The van der Waals surface area contributed by atoms with Gasteiger partial charge >= 0.3 is 11.8 Å². The average molecular weight is 453 g/mol. The highest BCUT2D eigenvalue weighted by atomic mass is 16.6. The van der Waals surface area contributed by atoms with Gasteiger partial charge in [-0.05, 0) is 54.9 Å². The van der Waals surface area contributed by atoms with E-state index in [0.717, 1.165) is 27.9 Å². The summed E-state index contributed by atoms with van der Waals surface area (Å²) < 4.78 is 10.1. The Labute approximate surface area is 193 Å². The molecule has 0 amide bonds. The van der Waals surface area contributed by atoms with Gasteiger partial charge in [-0.3, -0.25) is 9.78 Å². The summed E-state index contributed by atoms with van der Waals surface area (Å²) in [5, 5.41) is 10.2. The standard InChI is InChI=1S/C26H32N2O5/c1-14-7-9-17(10-8-14)23-19(13-27)20(12-26(4,5)6)28-15(2)22(23)18(24(29)30)11-21-16(3)32-25(31)33-21/h7-10,18H,11-13,27H2,1-6H3,(H,29,30). The molecule has 3 aromatic rings. The monoisotopic (exact) mass is 452 g/mol. The SMILES string of the molecule is Cc1ccc(-c2c(CN)c(CC(C)(C)C)nc(C)c2C(Cc2oc(=O)oc2C)C(=O)O)cc1. The van der Waals surface area contributed by atoms with Gasteiger partial charge in [-0.2, -0.15) is 0 Å². The molecule has 1 atom stereocenters. The van der Waals surface area contributed by atoms with E-state index in [9.17, 15) is 14.7 Å². The van der Waals surface area contributed by atoms with E-state index < -0.39 is 17.7 Å². The summed E-state index contributed by atoms with van der Waals surface area (Å²) in [5.41, 5.74) is 11.9. The predicted octanol–water partition coefficient (Wildman–Crippen LogP) is 4.68. The Morgan fingerprint density at radius 3 is 2.24 bits per heavy atom. The number of aryl methyl sites for hydroxylation is 3. The number of hydrogen-bond donors (Lipinski definition) is 2. The molecule has 0 saturated carbocycles. The van der Waals surface area contributed by atoms with Crippen molar-refractivity contribution >= 4 is 5.97 Å². The van der Waals surface area contributed by atoms with Crippen LogP contribution >= 0.6 is 0 Å². The Hall–Kier alpha value is -3.19. The lowest BCUT2D eigenvalue weighted by atomic mass is 9.81. The van der Waals surface area contributed by atoms with Gasteiger partial charge in [-0.25, -0.2) is 4.79 Å². The van der Waals surface area contributed by atoms with Crippen LogP contribution in [0.2, 0.25) is 0 Å². The summed E-state index contributed by atoms with van der Waals surface area (Å²) in [7, 11) is 0. The number of carboxylic acids is 1. The van der Waals surface area contributed by atoms with Gasteiger partial charge in [0.25, 0.3) is 0 Å². The van der Waals surface area contributed by atoms with Gasteiger partial charge in [0.05, 0.1) is 5.92 Å². The summed E-state index contributed by atoms with van der Waals surface area (Å²) in [5.74, 6) is -2.39. The molecule has 0 bridgehead atoms. The third-order valence-corrected chi connectivity index (χ3v) is 5.73. The van der Waals surface area contributed by atoms with Gasteiger partial charge in [-0.1, -0.05) is 50.6 Å². The average Bonchev–Trinajstić information content (AvgIpc) is 3.02. The van der Waals surface area contributed by atoms with E-state index in [1.165, 1.54) is 0 Å². The molecule has 0 fully saturated rings. The zero-order valence-electron chi connectivity index (χ0n) is 20.1. The third-order valence-electron chi connectivity index (χ3n) is 5.73. The lowest BCUT2D eigenvalue weighted by molar-refractivity contribution is -0.138. The zero-order chi connectivity index (χ0) is 24.5. The number of aliphatic carboxylic acids is 1. The van der Waals surface area contributed by atoms with Gasteiger partial charge in [-0.15, -0.1) is 0 Å². The third kappa shape index (κ3) is 5.42. The van der Waals surface area contributed by atoms with Crippen LogP contribution in [0.5, 0.6) is 0 Å². The van der Waals surface area contributed by atoms with Crippen LogP contribution in [0.4, 0.5) is 0 Å². The first-order valence-electron chi connectivity index (χ1n) is 11.0. The summed E-state index contributed by atoms with van der Waals surface area (Å²) in [6.07, 6.45) is 0.671. The van der Waals surface area contributed by atoms with Crippen molar-refractivity contribution in [3.63, 3.8) is 0 Å². The van der Waals surface area contributed by atoms with E-state index >= 15 is 0 Å². The second-order valence-corrected chi connectivity index (χ2v) is 9.75. The summed E-state index contributed by atoms with van der Waals surface area (Å²) >= 11 is 0. The first-order chi connectivity index (χ1) is 15.4. The number of pyridine rings is 1. The Balaban J connectivity index is 2.32. The van der Waals surface area contributed by atoms with E-state index in [0.29, 0.717) is 17.7 Å². The summed E-state index contributed by atoms with van der Waals surface area (Å²) in [6.45, 7) is 12.0. The number of benzene rings is 1. The van der Waals surface area contributed by atoms with Crippen LogP contribution in [-0.2, 0) is 24.2 Å². The highest BCUT2D eigenvalue weighted by Crippen LogP contribution is 2.39.